The molecular weight excluding hydrogens is 225 g/mol. The molecule has 88 valence electrons. The van der Waals surface area contributed by atoms with Gasteiger partial charge in [0.2, 0.25) is 0 Å². The Hall–Kier alpha value is -0.390. The van der Waals surface area contributed by atoms with Crippen molar-refractivity contribution in [2.75, 3.05) is 13.1 Å². The van der Waals surface area contributed by atoms with Crippen LogP contribution in [0.15, 0.2) is 4.99 Å². The molecule has 1 atom stereocenters. The SMILES string of the molecule is CC1CN=C(NCCCCC(F)(F)F)S1. The molecule has 0 aromatic carbocycles. The van der Waals surface area contributed by atoms with E-state index in [0.29, 0.717) is 18.2 Å². The maximum Gasteiger partial charge on any atom is 0.389 e. The molecule has 0 aromatic heterocycles. The minimum absolute atomic E-state index is 0.185. The molecule has 0 bridgehead atoms. The van der Waals surface area contributed by atoms with E-state index < -0.39 is 12.6 Å². The Balaban J connectivity index is 1.98. The summed E-state index contributed by atoms with van der Waals surface area (Å²) in [6.07, 6.45) is -3.99. The van der Waals surface area contributed by atoms with Crippen molar-refractivity contribution in [2.24, 2.45) is 4.99 Å². The highest BCUT2D eigenvalue weighted by Gasteiger charge is 2.25. The van der Waals surface area contributed by atoms with Gasteiger partial charge in [0.1, 0.15) is 0 Å². The van der Waals surface area contributed by atoms with Gasteiger partial charge in [-0.05, 0) is 12.8 Å². The van der Waals surface area contributed by atoms with Crippen molar-refractivity contribution in [1.82, 2.24) is 5.32 Å². The molecule has 0 aromatic rings. The van der Waals surface area contributed by atoms with Crippen molar-refractivity contribution in [1.29, 1.82) is 0 Å². The number of alkyl halides is 3. The maximum absolute atomic E-state index is 11.8. The lowest BCUT2D eigenvalue weighted by molar-refractivity contribution is -0.135. The molecule has 0 spiro atoms. The van der Waals surface area contributed by atoms with Crippen molar-refractivity contribution >= 4 is 16.9 Å². The Morgan fingerprint density at radius 3 is 2.73 bits per heavy atom. The van der Waals surface area contributed by atoms with Gasteiger partial charge in [-0.2, -0.15) is 13.2 Å². The normalized spacial score (nSPS) is 21.6. The molecule has 0 saturated carbocycles. The zero-order chi connectivity index (χ0) is 11.3. The third-order valence-electron chi connectivity index (χ3n) is 1.97. The fourth-order valence-electron chi connectivity index (χ4n) is 1.22. The van der Waals surface area contributed by atoms with Crippen LogP contribution in [0, 0.1) is 0 Å². The second-order valence-electron chi connectivity index (χ2n) is 3.57. The van der Waals surface area contributed by atoms with E-state index in [4.69, 9.17) is 0 Å². The molecule has 0 aliphatic carbocycles. The monoisotopic (exact) mass is 240 g/mol. The summed E-state index contributed by atoms with van der Waals surface area (Å²) in [5.74, 6) is 0. The van der Waals surface area contributed by atoms with E-state index in [9.17, 15) is 13.2 Å². The van der Waals surface area contributed by atoms with E-state index in [1.807, 2.05) is 0 Å². The Bertz CT molecular complexity index is 228. The largest absolute Gasteiger partial charge is 0.389 e. The van der Waals surface area contributed by atoms with Gasteiger partial charge in [0.15, 0.2) is 5.17 Å². The number of thioether (sulfide) groups is 1. The van der Waals surface area contributed by atoms with E-state index >= 15 is 0 Å². The van der Waals surface area contributed by atoms with Crippen LogP contribution < -0.4 is 5.32 Å². The van der Waals surface area contributed by atoms with Gasteiger partial charge < -0.3 is 5.32 Å². The van der Waals surface area contributed by atoms with E-state index in [0.717, 1.165) is 11.7 Å². The molecule has 6 heteroatoms. The lowest BCUT2D eigenvalue weighted by Gasteiger charge is -2.07. The van der Waals surface area contributed by atoms with Gasteiger partial charge in [-0.15, -0.1) is 0 Å². The van der Waals surface area contributed by atoms with Crippen LogP contribution in [0.25, 0.3) is 0 Å². The number of amidine groups is 1. The molecule has 1 unspecified atom stereocenters. The van der Waals surface area contributed by atoms with Crippen LogP contribution in [0.1, 0.15) is 26.2 Å². The molecule has 0 fully saturated rings. The quantitative estimate of drug-likeness (QED) is 0.764. The summed E-state index contributed by atoms with van der Waals surface area (Å²) >= 11 is 1.65. The standard InChI is InChI=1S/C9H15F3N2S/c1-7-6-14-8(15-7)13-5-3-2-4-9(10,11)12/h7H,2-6H2,1H3,(H,13,14). The summed E-state index contributed by atoms with van der Waals surface area (Å²) in [5.41, 5.74) is 0. The first-order valence-electron chi connectivity index (χ1n) is 4.99. The molecule has 1 N–H and O–H groups in total. The fraction of sp³-hybridized carbons (Fsp3) is 0.889. The smallest absolute Gasteiger partial charge is 0.365 e. The Kier molecular flexibility index (Phi) is 4.76. The summed E-state index contributed by atoms with van der Waals surface area (Å²) in [6.45, 7) is 3.46. The molecule has 2 nitrogen and oxygen atoms in total. The zero-order valence-corrected chi connectivity index (χ0v) is 9.42. The first-order chi connectivity index (χ1) is 6.97. The summed E-state index contributed by atoms with van der Waals surface area (Å²) < 4.78 is 35.4. The third-order valence-corrected chi connectivity index (χ3v) is 3.02. The highest BCUT2D eigenvalue weighted by molar-refractivity contribution is 8.14. The minimum atomic E-state index is -4.02. The van der Waals surface area contributed by atoms with Crippen molar-refractivity contribution in [3.63, 3.8) is 0 Å². The molecule has 1 aliphatic rings. The predicted molar refractivity (Wildman–Crippen MR) is 57.3 cm³/mol. The molecule has 1 rings (SSSR count). The summed E-state index contributed by atoms with van der Waals surface area (Å²) in [6, 6.07) is 0. The number of hydrogen-bond donors (Lipinski definition) is 1. The molecule has 0 radical (unpaired) electrons. The average Bonchev–Trinajstić information content (AvgIpc) is 2.49. The van der Waals surface area contributed by atoms with E-state index in [-0.39, 0.29) is 6.42 Å². The first kappa shape index (κ1) is 12.7. The van der Waals surface area contributed by atoms with Crippen molar-refractivity contribution in [2.45, 2.75) is 37.6 Å². The Morgan fingerprint density at radius 1 is 1.47 bits per heavy atom. The fourth-order valence-corrected chi connectivity index (χ4v) is 2.08. The van der Waals surface area contributed by atoms with E-state index in [2.05, 4.69) is 17.2 Å². The van der Waals surface area contributed by atoms with Crippen LogP contribution in [-0.4, -0.2) is 29.7 Å². The lowest BCUT2D eigenvalue weighted by Crippen LogP contribution is -2.21. The summed E-state index contributed by atoms with van der Waals surface area (Å²) in [5, 5.41) is 4.40. The topological polar surface area (TPSA) is 24.4 Å². The van der Waals surface area contributed by atoms with Gasteiger partial charge in [-0.1, -0.05) is 18.7 Å². The third kappa shape index (κ3) is 5.92. The van der Waals surface area contributed by atoms with Crippen molar-refractivity contribution < 1.29 is 13.2 Å². The number of nitrogens with one attached hydrogen (secondary N) is 1. The van der Waals surface area contributed by atoms with Crippen LogP contribution in [0.2, 0.25) is 0 Å². The van der Waals surface area contributed by atoms with Crippen LogP contribution >= 0.6 is 11.8 Å². The van der Waals surface area contributed by atoms with Crippen molar-refractivity contribution in [3.8, 4) is 0 Å². The van der Waals surface area contributed by atoms with Crippen LogP contribution in [-0.2, 0) is 0 Å². The van der Waals surface area contributed by atoms with Crippen molar-refractivity contribution in [3.05, 3.63) is 0 Å². The number of rotatable bonds is 4. The number of halogens is 3. The zero-order valence-electron chi connectivity index (χ0n) is 8.60. The Labute approximate surface area is 91.7 Å². The second kappa shape index (κ2) is 5.63. The molecule has 0 amide bonds. The van der Waals surface area contributed by atoms with Gasteiger partial charge in [-0.25, -0.2) is 0 Å². The minimum Gasteiger partial charge on any atom is -0.365 e. The average molecular weight is 240 g/mol. The van der Waals surface area contributed by atoms with E-state index in [1.165, 1.54) is 0 Å². The summed E-state index contributed by atoms with van der Waals surface area (Å²) in [4.78, 5) is 4.21. The lowest BCUT2D eigenvalue weighted by atomic mass is 10.2. The van der Waals surface area contributed by atoms with Gasteiger partial charge in [0.05, 0.1) is 6.54 Å². The van der Waals surface area contributed by atoms with Gasteiger partial charge in [0, 0.05) is 18.2 Å². The number of aliphatic imine (C=N–C) groups is 1. The molecular formula is C9H15F3N2S. The molecule has 1 aliphatic heterocycles. The van der Waals surface area contributed by atoms with E-state index in [1.54, 1.807) is 11.8 Å². The Morgan fingerprint density at radius 2 is 2.20 bits per heavy atom. The summed E-state index contributed by atoms with van der Waals surface area (Å²) in [7, 11) is 0. The predicted octanol–water partition coefficient (Wildman–Crippen LogP) is 2.80. The van der Waals surface area contributed by atoms with Crippen LogP contribution in [0.3, 0.4) is 0 Å². The molecule has 1 heterocycles. The van der Waals surface area contributed by atoms with Crippen LogP contribution in [0.4, 0.5) is 13.2 Å². The van der Waals surface area contributed by atoms with Gasteiger partial charge in [0.25, 0.3) is 0 Å². The van der Waals surface area contributed by atoms with Gasteiger partial charge in [-0.3, -0.25) is 4.99 Å². The van der Waals surface area contributed by atoms with Crippen LogP contribution in [0.5, 0.6) is 0 Å². The highest BCUT2D eigenvalue weighted by atomic mass is 32.2. The number of nitrogens with zero attached hydrogens (tertiary/aromatic N) is 1. The number of hydrogen-bond acceptors (Lipinski definition) is 3. The second-order valence-corrected chi connectivity index (χ2v) is 5.00. The maximum atomic E-state index is 11.8. The van der Waals surface area contributed by atoms with Gasteiger partial charge >= 0.3 is 6.18 Å². The number of unbranched alkanes of at least 4 members (excludes halogenated alkanes) is 1. The molecule has 15 heavy (non-hydrogen) atoms. The molecule has 0 saturated heterocycles. The highest BCUT2D eigenvalue weighted by Crippen LogP contribution is 2.22. The first-order valence-corrected chi connectivity index (χ1v) is 5.87.